The van der Waals surface area contributed by atoms with Crippen molar-refractivity contribution in [2.75, 3.05) is 25.5 Å². The van der Waals surface area contributed by atoms with E-state index >= 15 is 0 Å². The highest BCUT2D eigenvalue weighted by atomic mass is 32.1. The van der Waals surface area contributed by atoms with Crippen molar-refractivity contribution < 1.29 is 14.5 Å². The lowest BCUT2D eigenvalue weighted by Crippen LogP contribution is -3.10. The van der Waals surface area contributed by atoms with Gasteiger partial charge in [0.2, 0.25) is 5.91 Å². The van der Waals surface area contributed by atoms with Crippen molar-refractivity contribution in [1.29, 1.82) is 5.26 Å². The number of rotatable bonds is 6. The van der Waals surface area contributed by atoms with Gasteiger partial charge in [-0.2, -0.15) is 5.26 Å². The molecule has 2 rings (SSSR count). The quantitative estimate of drug-likeness (QED) is 0.697. The molecule has 142 valence electrons. The topological polar surface area (TPSA) is 86.4 Å². The smallest absolute Gasteiger partial charge is 0.275 e. The second-order valence-corrected chi connectivity index (χ2v) is 9.11. The molecule has 1 unspecified atom stereocenters. The third-order valence-electron chi connectivity index (χ3n) is 4.29. The highest BCUT2D eigenvalue weighted by Crippen LogP contribution is 2.37. The highest BCUT2D eigenvalue weighted by Gasteiger charge is 2.22. The molecular weight excluding hydrogens is 348 g/mol. The zero-order valence-electron chi connectivity index (χ0n) is 16.1. The van der Waals surface area contributed by atoms with E-state index in [4.69, 9.17) is 0 Å². The van der Waals surface area contributed by atoms with Crippen LogP contribution in [0.3, 0.4) is 0 Å². The fourth-order valence-corrected chi connectivity index (χ4v) is 4.37. The van der Waals surface area contributed by atoms with Gasteiger partial charge in [0.25, 0.3) is 5.91 Å². The molecule has 6 nitrogen and oxygen atoms in total. The number of nitrogens with zero attached hydrogens (tertiary/aromatic N) is 1. The molecule has 1 aliphatic carbocycles. The largest absolute Gasteiger partial charge is 0.347 e. The van der Waals surface area contributed by atoms with E-state index in [0.717, 1.165) is 36.1 Å². The SMILES string of the molecule is C[NH+](CCC(=O)Nc1sc2c(c1C#N)CCCC2)CC(=O)NC(C)(C)C. The predicted octanol–water partition coefficient (Wildman–Crippen LogP) is 1.26. The lowest BCUT2D eigenvalue weighted by Gasteiger charge is -2.21. The Morgan fingerprint density at radius 3 is 2.58 bits per heavy atom. The number of carbonyl (C=O) groups excluding carboxylic acids is 2. The van der Waals surface area contributed by atoms with Crippen LogP contribution in [0.2, 0.25) is 0 Å². The summed E-state index contributed by atoms with van der Waals surface area (Å²) in [4.78, 5) is 26.4. The first-order valence-electron chi connectivity index (χ1n) is 9.16. The van der Waals surface area contributed by atoms with Gasteiger partial charge in [0.1, 0.15) is 11.1 Å². The molecule has 0 saturated heterocycles. The van der Waals surface area contributed by atoms with Crippen LogP contribution in [0, 0.1) is 11.3 Å². The monoisotopic (exact) mass is 377 g/mol. The second-order valence-electron chi connectivity index (χ2n) is 8.01. The number of nitriles is 1. The zero-order chi connectivity index (χ0) is 19.3. The lowest BCUT2D eigenvalue weighted by molar-refractivity contribution is -0.870. The van der Waals surface area contributed by atoms with Crippen molar-refractivity contribution in [2.45, 2.75) is 58.4 Å². The number of thiophene rings is 1. The van der Waals surface area contributed by atoms with Gasteiger partial charge in [-0.1, -0.05) is 0 Å². The number of nitrogens with one attached hydrogen (secondary N) is 3. The second kappa shape index (κ2) is 8.65. The number of fused-ring (bicyclic) bond motifs is 1. The van der Waals surface area contributed by atoms with Crippen LogP contribution in [0.5, 0.6) is 0 Å². The van der Waals surface area contributed by atoms with Gasteiger partial charge in [0.05, 0.1) is 25.6 Å². The Hall–Kier alpha value is -1.91. The van der Waals surface area contributed by atoms with Crippen molar-refractivity contribution in [3.05, 3.63) is 16.0 Å². The van der Waals surface area contributed by atoms with Gasteiger partial charge in [-0.25, -0.2) is 0 Å². The summed E-state index contributed by atoms with van der Waals surface area (Å²) < 4.78 is 0. The molecular formula is C19H29N4O2S+. The molecule has 0 aliphatic heterocycles. The summed E-state index contributed by atoms with van der Waals surface area (Å²) in [5.74, 6) is -0.121. The summed E-state index contributed by atoms with van der Waals surface area (Å²) in [6.45, 7) is 6.74. The van der Waals surface area contributed by atoms with Crippen molar-refractivity contribution in [2.24, 2.45) is 0 Å². The maximum Gasteiger partial charge on any atom is 0.275 e. The fraction of sp³-hybridized carbons (Fsp3) is 0.632. The number of aryl methyl sites for hydroxylation is 1. The Labute approximate surface area is 159 Å². The van der Waals surface area contributed by atoms with Crippen molar-refractivity contribution in [3.63, 3.8) is 0 Å². The Balaban J connectivity index is 1.85. The predicted molar refractivity (Wildman–Crippen MR) is 103 cm³/mol. The minimum Gasteiger partial charge on any atom is -0.347 e. The molecule has 1 heterocycles. The van der Waals surface area contributed by atoms with Crippen molar-refractivity contribution in [3.8, 4) is 6.07 Å². The van der Waals surface area contributed by atoms with Gasteiger partial charge in [0.15, 0.2) is 6.54 Å². The summed E-state index contributed by atoms with van der Waals surface area (Å²) in [5.41, 5.74) is 1.52. The van der Waals surface area contributed by atoms with Gasteiger partial charge in [0, 0.05) is 10.4 Å². The van der Waals surface area contributed by atoms with E-state index < -0.39 is 0 Å². The number of hydrogen-bond donors (Lipinski definition) is 3. The molecule has 3 N–H and O–H groups in total. The summed E-state index contributed by atoms with van der Waals surface area (Å²) in [5, 5.41) is 16.0. The van der Waals surface area contributed by atoms with Crippen LogP contribution in [0.25, 0.3) is 0 Å². The summed E-state index contributed by atoms with van der Waals surface area (Å²) in [7, 11) is 1.90. The summed E-state index contributed by atoms with van der Waals surface area (Å²) in [6.07, 6.45) is 4.51. The minimum atomic E-state index is -0.249. The van der Waals surface area contributed by atoms with E-state index in [1.54, 1.807) is 11.3 Å². The standard InChI is InChI=1S/C19H28N4O2S/c1-19(2,3)22-17(25)12-23(4)10-9-16(24)21-18-14(11-20)13-7-5-6-8-15(13)26-18/h5-10,12H2,1-4H3,(H,21,24)(H,22,25)/p+1. The molecule has 26 heavy (non-hydrogen) atoms. The highest BCUT2D eigenvalue weighted by molar-refractivity contribution is 7.16. The van der Waals surface area contributed by atoms with Crippen LogP contribution in [0.1, 0.15) is 56.0 Å². The Morgan fingerprint density at radius 1 is 1.23 bits per heavy atom. The molecule has 7 heteroatoms. The van der Waals surface area contributed by atoms with Crippen LogP contribution in [0.15, 0.2) is 0 Å². The molecule has 1 aromatic heterocycles. The normalized spacial score (nSPS) is 14.9. The number of hydrogen-bond acceptors (Lipinski definition) is 4. The molecule has 0 fully saturated rings. The van der Waals surface area contributed by atoms with Crippen LogP contribution in [0.4, 0.5) is 5.00 Å². The van der Waals surface area contributed by atoms with E-state index in [9.17, 15) is 14.9 Å². The van der Waals surface area contributed by atoms with E-state index in [1.165, 1.54) is 4.88 Å². The van der Waals surface area contributed by atoms with Crippen LogP contribution in [-0.2, 0) is 22.4 Å². The number of quaternary nitrogens is 1. The number of amides is 2. The minimum absolute atomic E-state index is 0.0203. The summed E-state index contributed by atoms with van der Waals surface area (Å²) >= 11 is 1.54. The summed E-state index contributed by atoms with van der Waals surface area (Å²) in [6, 6.07) is 2.26. The molecule has 1 aliphatic rings. The average molecular weight is 378 g/mol. The van der Waals surface area contributed by atoms with Gasteiger partial charge >= 0.3 is 0 Å². The maximum absolute atomic E-state index is 12.3. The van der Waals surface area contributed by atoms with Gasteiger partial charge in [-0.05, 0) is 52.0 Å². The number of anilines is 1. The van der Waals surface area contributed by atoms with Gasteiger partial charge < -0.3 is 15.5 Å². The Kier molecular flexibility index (Phi) is 6.79. The van der Waals surface area contributed by atoms with E-state index in [-0.39, 0.29) is 17.4 Å². The first-order valence-corrected chi connectivity index (χ1v) is 9.98. The molecule has 0 aromatic carbocycles. The molecule has 1 atom stereocenters. The van der Waals surface area contributed by atoms with Crippen LogP contribution in [-0.4, -0.2) is 37.5 Å². The average Bonchev–Trinajstić information content (AvgIpc) is 2.87. The Bertz CT molecular complexity index is 712. The van der Waals surface area contributed by atoms with Crippen molar-refractivity contribution >= 4 is 28.2 Å². The first-order chi connectivity index (χ1) is 12.2. The zero-order valence-corrected chi connectivity index (χ0v) is 16.9. The number of carbonyl (C=O) groups is 2. The molecule has 0 spiro atoms. The van der Waals surface area contributed by atoms with Gasteiger partial charge in [-0.3, -0.25) is 9.59 Å². The van der Waals surface area contributed by atoms with E-state index in [0.29, 0.717) is 30.1 Å². The Morgan fingerprint density at radius 2 is 1.92 bits per heavy atom. The third-order valence-corrected chi connectivity index (χ3v) is 5.50. The fourth-order valence-electron chi connectivity index (χ4n) is 3.11. The molecule has 1 aromatic rings. The number of likely N-dealkylation sites (N-methyl/N-ethyl adjacent to an activating group) is 1. The van der Waals surface area contributed by atoms with Crippen molar-refractivity contribution in [1.82, 2.24) is 5.32 Å². The first kappa shape index (κ1) is 20.4. The van der Waals surface area contributed by atoms with Crippen LogP contribution >= 0.6 is 11.3 Å². The van der Waals surface area contributed by atoms with E-state index in [1.807, 2.05) is 27.8 Å². The van der Waals surface area contributed by atoms with E-state index in [2.05, 4.69) is 16.7 Å². The molecule has 2 amide bonds. The third kappa shape index (κ3) is 5.82. The molecule has 0 radical (unpaired) electrons. The lowest BCUT2D eigenvalue weighted by atomic mass is 9.96. The van der Waals surface area contributed by atoms with Gasteiger partial charge in [-0.15, -0.1) is 11.3 Å². The molecule has 0 saturated carbocycles. The molecule has 0 bridgehead atoms. The maximum atomic E-state index is 12.3. The van der Waals surface area contributed by atoms with Crippen LogP contribution < -0.4 is 15.5 Å².